The van der Waals surface area contributed by atoms with Crippen LogP contribution in [0.4, 0.5) is 13.2 Å². The summed E-state index contributed by atoms with van der Waals surface area (Å²) in [6.07, 6.45) is -2.89. The zero-order valence-electron chi connectivity index (χ0n) is 10.1. The van der Waals surface area contributed by atoms with E-state index in [1.165, 1.54) is 18.3 Å². The summed E-state index contributed by atoms with van der Waals surface area (Å²) in [7, 11) is 0. The third kappa shape index (κ3) is 3.09. The summed E-state index contributed by atoms with van der Waals surface area (Å²) in [5.74, 6) is 0. The van der Waals surface area contributed by atoms with E-state index in [9.17, 15) is 13.2 Å². The Bertz CT molecular complexity index is 658. The van der Waals surface area contributed by atoms with E-state index in [4.69, 9.17) is 16.9 Å². The van der Waals surface area contributed by atoms with E-state index in [0.717, 1.165) is 12.1 Å². The first kappa shape index (κ1) is 14.4. The highest BCUT2D eigenvalue weighted by Gasteiger charge is 2.30. The predicted molar refractivity (Wildman–Crippen MR) is 69.0 cm³/mol. The van der Waals surface area contributed by atoms with Gasteiger partial charge < -0.3 is 0 Å². The molecule has 2 rings (SSSR count). The topological polar surface area (TPSA) is 36.7 Å². The van der Waals surface area contributed by atoms with Gasteiger partial charge in [-0.3, -0.25) is 4.98 Å². The fraction of sp³-hybridized carbons (Fsp3) is 0.143. The molecule has 6 heteroatoms. The van der Waals surface area contributed by atoms with E-state index in [2.05, 4.69) is 4.98 Å². The third-order valence-corrected chi connectivity index (χ3v) is 2.90. The van der Waals surface area contributed by atoms with Gasteiger partial charge in [-0.15, -0.1) is 0 Å². The lowest BCUT2D eigenvalue weighted by Crippen LogP contribution is -2.04. The number of hydrogen-bond donors (Lipinski definition) is 0. The normalized spacial score (nSPS) is 11.2. The number of nitrogens with zero attached hydrogens (tertiary/aromatic N) is 2. The molecule has 2 nitrogen and oxygen atoms in total. The van der Waals surface area contributed by atoms with Crippen molar-refractivity contribution in [2.45, 2.75) is 12.6 Å². The Morgan fingerprint density at radius 2 is 1.85 bits per heavy atom. The van der Waals surface area contributed by atoms with Crippen LogP contribution in [0.25, 0.3) is 11.3 Å². The van der Waals surface area contributed by atoms with Gasteiger partial charge >= 0.3 is 6.18 Å². The third-order valence-electron chi connectivity index (χ3n) is 2.69. The van der Waals surface area contributed by atoms with Gasteiger partial charge in [-0.25, -0.2) is 0 Å². The van der Waals surface area contributed by atoms with Gasteiger partial charge in [0.1, 0.15) is 0 Å². The van der Waals surface area contributed by atoms with Crippen LogP contribution in [0.5, 0.6) is 0 Å². The van der Waals surface area contributed by atoms with Crippen LogP contribution in [0, 0.1) is 11.3 Å². The maximum absolute atomic E-state index is 12.5. The van der Waals surface area contributed by atoms with Crippen molar-refractivity contribution in [3.05, 3.63) is 52.7 Å². The van der Waals surface area contributed by atoms with Crippen LogP contribution in [0.2, 0.25) is 5.02 Å². The van der Waals surface area contributed by atoms with Crippen molar-refractivity contribution in [1.82, 2.24) is 4.98 Å². The first-order chi connectivity index (χ1) is 9.41. The largest absolute Gasteiger partial charge is 0.416 e. The first-order valence-corrected chi connectivity index (χ1v) is 5.98. The fourth-order valence-electron chi connectivity index (χ4n) is 1.78. The van der Waals surface area contributed by atoms with Crippen molar-refractivity contribution < 1.29 is 13.2 Å². The molecule has 102 valence electrons. The van der Waals surface area contributed by atoms with Crippen molar-refractivity contribution in [2.75, 3.05) is 0 Å². The van der Waals surface area contributed by atoms with Crippen molar-refractivity contribution in [2.24, 2.45) is 0 Å². The molecule has 1 heterocycles. The van der Waals surface area contributed by atoms with Crippen molar-refractivity contribution in [3.8, 4) is 17.3 Å². The zero-order chi connectivity index (χ0) is 14.8. The second-order valence-corrected chi connectivity index (χ2v) is 4.51. The molecule has 20 heavy (non-hydrogen) atoms. The van der Waals surface area contributed by atoms with Crippen molar-refractivity contribution in [1.29, 1.82) is 5.26 Å². The molecule has 0 aliphatic rings. The van der Waals surface area contributed by atoms with Crippen LogP contribution in [0.1, 0.15) is 11.1 Å². The van der Waals surface area contributed by atoms with Gasteiger partial charge in [-0.2, -0.15) is 18.4 Å². The Labute approximate surface area is 118 Å². The number of rotatable bonds is 2. The summed E-state index contributed by atoms with van der Waals surface area (Å²) in [6.45, 7) is 0. The van der Waals surface area contributed by atoms with Crippen molar-refractivity contribution in [3.63, 3.8) is 0 Å². The number of pyridine rings is 1. The number of aromatic nitrogens is 1. The molecule has 1 aromatic carbocycles. The highest BCUT2D eigenvalue weighted by molar-refractivity contribution is 6.30. The quantitative estimate of drug-likeness (QED) is 0.819. The average molecular weight is 297 g/mol. The summed E-state index contributed by atoms with van der Waals surface area (Å²) in [5.41, 5.74) is 0.835. The number of alkyl halides is 3. The summed E-state index contributed by atoms with van der Waals surface area (Å²) in [4.78, 5) is 4.09. The van der Waals surface area contributed by atoms with E-state index >= 15 is 0 Å². The molecule has 0 spiro atoms. The Kier molecular flexibility index (Phi) is 3.96. The van der Waals surface area contributed by atoms with E-state index in [-0.39, 0.29) is 6.42 Å². The highest BCUT2D eigenvalue weighted by atomic mass is 35.5. The molecule has 0 fully saturated rings. The van der Waals surface area contributed by atoms with Gasteiger partial charge in [0.05, 0.1) is 28.8 Å². The maximum atomic E-state index is 12.5. The maximum Gasteiger partial charge on any atom is 0.416 e. The fourth-order valence-corrected chi connectivity index (χ4v) is 1.96. The molecule has 0 unspecified atom stereocenters. The zero-order valence-corrected chi connectivity index (χ0v) is 10.8. The van der Waals surface area contributed by atoms with E-state index < -0.39 is 11.7 Å². The lowest BCUT2D eigenvalue weighted by atomic mass is 10.0. The van der Waals surface area contributed by atoms with Gasteiger partial charge in [0, 0.05) is 11.8 Å². The van der Waals surface area contributed by atoms with Gasteiger partial charge in [0.15, 0.2) is 0 Å². The monoisotopic (exact) mass is 296 g/mol. The van der Waals surface area contributed by atoms with E-state index in [1.54, 1.807) is 6.07 Å². The second kappa shape index (κ2) is 5.51. The number of benzene rings is 1. The average Bonchev–Trinajstić information content (AvgIpc) is 2.38. The summed E-state index contributed by atoms with van der Waals surface area (Å²) in [5, 5.41) is 9.14. The van der Waals surface area contributed by atoms with Crippen LogP contribution in [-0.4, -0.2) is 4.98 Å². The molecular formula is C14H8ClF3N2. The molecule has 2 aromatic rings. The Morgan fingerprint density at radius 1 is 1.20 bits per heavy atom. The second-order valence-electron chi connectivity index (χ2n) is 4.07. The van der Waals surface area contributed by atoms with Gasteiger partial charge in [0.25, 0.3) is 0 Å². The van der Waals surface area contributed by atoms with E-state index in [1.807, 2.05) is 6.07 Å². The van der Waals surface area contributed by atoms with Crippen LogP contribution < -0.4 is 0 Å². The molecule has 0 atom stereocenters. The van der Waals surface area contributed by atoms with Crippen molar-refractivity contribution >= 4 is 11.6 Å². The SMILES string of the molecule is N#CCc1cc(Cl)cnc1-c1ccc(C(F)(F)F)cc1. The van der Waals surface area contributed by atoms with Crippen LogP contribution >= 0.6 is 11.6 Å². The van der Waals surface area contributed by atoms with Crippen LogP contribution in [-0.2, 0) is 12.6 Å². The smallest absolute Gasteiger partial charge is 0.254 e. The minimum absolute atomic E-state index is 0.0872. The Morgan fingerprint density at radius 3 is 2.40 bits per heavy atom. The lowest BCUT2D eigenvalue weighted by Gasteiger charge is -2.09. The molecule has 0 bridgehead atoms. The lowest BCUT2D eigenvalue weighted by molar-refractivity contribution is -0.137. The molecule has 0 saturated heterocycles. The van der Waals surface area contributed by atoms with Gasteiger partial charge in [-0.1, -0.05) is 23.7 Å². The number of nitriles is 1. The highest BCUT2D eigenvalue weighted by Crippen LogP contribution is 2.31. The standard InChI is InChI=1S/C14H8ClF3N2/c15-12-7-10(5-6-19)13(20-8-12)9-1-3-11(4-2-9)14(16,17)18/h1-4,7-8H,5H2. The predicted octanol–water partition coefficient (Wildman–Crippen LogP) is 4.49. The molecular weight excluding hydrogens is 289 g/mol. The van der Waals surface area contributed by atoms with Crippen LogP contribution in [0.3, 0.4) is 0 Å². The molecule has 0 saturated carbocycles. The summed E-state index contributed by atoms with van der Waals surface area (Å²) >= 11 is 5.80. The van der Waals surface area contributed by atoms with Crippen LogP contribution in [0.15, 0.2) is 36.5 Å². The van der Waals surface area contributed by atoms with Gasteiger partial charge in [-0.05, 0) is 23.8 Å². The number of hydrogen-bond acceptors (Lipinski definition) is 2. The summed E-state index contributed by atoms with van der Waals surface area (Å²) < 4.78 is 37.5. The Hall–Kier alpha value is -2.06. The Balaban J connectivity index is 2.44. The molecule has 1 aromatic heterocycles. The minimum Gasteiger partial charge on any atom is -0.254 e. The molecule has 0 aliphatic carbocycles. The molecule has 0 radical (unpaired) electrons. The molecule has 0 aliphatic heterocycles. The van der Waals surface area contributed by atoms with E-state index in [0.29, 0.717) is 21.8 Å². The first-order valence-electron chi connectivity index (χ1n) is 5.61. The molecule has 0 N–H and O–H groups in total. The molecule has 0 amide bonds. The van der Waals surface area contributed by atoms with Gasteiger partial charge in [0.2, 0.25) is 0 Å². The summed E-state index contributed by atoms with van der Waals surface area (Å²) in [6, 6.07) is 8.21. The number of halogens is 4. The minimum atomic E-state index is -4.37.